The Morgan fingerprint density at radius 2 is 2.10 bits per heavy atom. The summed E-state index contributed by atoms with van der Waals surface area (Å²) in [5.74, 6) is 1.06. The van der Waals surface area contributed by atoms with E-state index in [4.69, 9.17) is 4.52 Å². The largest absolute Gasteiger partial charge is 0.361 e. The predicted octanol–water partition coefficient (Wildman–Crippen LogP) is 3.43. The van der Waals surface area contributed by atoms with Crippen LogP contribution in [0.25, 0.3) is 0 Å². The Hall–Kier alpha value is -2.10. The minimum Gasteiger partial charge on any atom is -0.361 e. The van der Waals surface area contributed by atoms with Gasteiger partial charge in [-0.25, -0.2) is 0 Å². The highest BCUT2D eigenvalue weighted by Crippen LogP contribution is 2.41. The lowest BCUT2D eigenvalue weighted by Gasteiger charge is -2.18. The molecule has 1 aromatic heterocycles. The molecule has 0 bridgehead atoms. The third-order valence-corrected chi connectivity index (χ3v) is 4.03. The first-order chi connectivity index (χ1) is 10.2. The molecule has 4 nitrogen and oxygen atoms in total. The SMILES string of the molecule is CCc1noc(C)c1C(=O)N[C@H](c1ccccc1)C1CC1. The average Bonchev–Trinajstić information content (AvgIpc) is 3.27. The van der Waals surface area contributed by atoms with Crippen LogP contribution in [0.4, 0.5) is 0 Å². The molecule has 0 radical (unpaired) electrons. The quantitative estimate of drug-likeness (QED) is 0.915. The fourth-order valence-corrected chi connectivity index (χ4v) is 2.73. The van der Waals surface area contributed by atoms with Crippen molar-refractivity contribution in [2.75, 3.05) is 0 Å². The lowest BCUT2D eigenvalue weighted by atomic mass is 10.0. The summed E-state index contributed by atoms with van der Waals surface area (Å²) in [6.45, 7) is 3.76. The number of rotatable bonds is 5. The van der Waals surface area contributed by atoms with Gasteiger partial charge in [-0.2, -0.15) is 0 Å². The van der Waals surface area contributed by atoms with Crippen LogP contribution in [-0.2, 0) is 6.42 Å². The second kappa shape index (κ2) is 5.72. The zero-order valence-electron chi connectivity index (χ0n) is 12.4. The number of benzene rings is 1. The number of aryl methyl sites for hydroxylation is 2. The minimum atomic E-state index is -0.0775. The van der Waals surface area contributed by atoms with Gasteiger partial charge >= 0.3 is 0 Å². The lowest BCUT2D eigenvalue weighted by Crippen LogP contribution is -2.30. The third kappa shape index (κ3) is 2.84. The summed E-state index contributed by atoms with van der Waals surface area (Å²) >= 11 is 0. The standard InChI is InChI=1S/C17H20N2O2/c1-3-14-15(11(2)21-19-14)17(20)18-16(13-9-10-13)12-7-5-4-6-8-12/h4-8,13,16H,3,9-10H2,1-2H3,(H,18,20)/t16-/m1/s1. The Bertz CT molecular complexity index is 629. The molecule has 2 aromatic rings. The van der Waals surface area contributed by atoms with Crippen LogP contribution in [0.5, 0.6) is 0 Å². The van der Waals surface area contributed by atoms with Crippen LogP contribution in [0.1, 0.15) is 53.2 Å². The average molecular weight is 284 g/mol. The van der Waals surface area contributed by atoms with Crippen LogP contribution in [0.15, 0.2) is 34.9 Å². The molecule has 1 aromatic carbocycles. The molecule has 1 amide bonds. The van der Waals surface area contributed by atoms with Gasteiger partial charge in [0.05, 0.1) is 11.7 Å². The van der Waals surface area contributed by atoms with Crippen molar-refractivity contribution in [3.63, 3.8) is 0 Å². The maximum absolute atomic E-state index is 12.6. The van der Waals surface area contributed by atoms with E-state index in [2.05, 4.69) is 22.6 Å². The van der Waals surface area contributed by atoms with E-state index in [1.165, 1.54) is 18.4 Å². The number of hydrogen-bond donors (Lipinski definition) is 1. The van der Waals surface area contributed by atoms with Gasteiger partial charge in [-0.3, -0.25) is 4.79 Å². The highest BCUT2D eigenvalue weighted by atomic mass is 16.5. The lowest BCUT2D eigenvalue weighted by molar-refractivity contribution is 0.0929. The van der Waals surface area contributed by atoms with Gasteiger partial charge in [0.25, 0.3) is 5.91 Å². The molecule has 0 unspecified atom stereocenters. The summed E-state index contributed by atoms with van der Waals surface area (Å²) in [5, 5.41) is 7.13. The van der Waals surface area contributed by atoms with Crippen LogP contribution >= 0.6 is 0 Å². The maximum atomic E-state index is 12.6. The second-order valence-electron chi connectivity index (χ2n) is 5.61. The summed E-state index contributed by atoms with van der Waals surface area (Å²) in [6.07, 6.45) is 3.03. The Kier molecular flexibility index (Phi) is 3.78. The highest BCUT2D eigenvalue weighted by Gasteiger charge is 2.34. The Balaban J connectivity index is 1.83. The molecule has 0 spiro atoms. The molecule has 1 aliphatic rings. The zero-order valence-corrected chi connectivity index (χ0v) is 12.4. The normalized spacial score (nSPS) is 15.7. The molecule has 3 rings (SSSR count). The van der Waals surface area contributed by atoms with Crippen molar-refractivity contribution in [2.24, 2.45) is 5.92 Å². The van der Waals surface area contributed by atoms with Gasteiger partial charge in [-0.1, -0.05) is 42.4 Å². The zero-order chi connectivity index (χ0) is 14.8. The Morgan fingerprint density at radius 3 is 2.71 bits per heavy atom. The van der Waals surface area contributed by atoms with E-state index in [1.807, 2.05) is 25.1 Å². The maximum Gasteiger partial charge on any atom is 0.257 e. The van der Waals surface area contributed by atoms with Gasteiger partial charge in [0, 0.05) is 0 Å². The second-order valence-corrected chi connectivity index (χ2v) is 5.61. The molecule has 1 fully saturated rings. The summed E-state index contributed by atoms with van der Waals surface area (Å²) < 4.78 is 5.16. The van der Waals surface area contributed by atoms with E-state index >= 15 is 0 Å². The van der Waals surface area contributed by atoms with Crippen molar-refractivity contribution in [1.29, 1.82) is 0 Å². The number of carbonyl (C=O) groups is 1. The third-order valence-electron chi connectivity index (χ3n) is 4.03. The predicted molar refractivity (Wildman–Crippen MR) is 80.0 cm³/mol. The van der Waals surface area contributed by atoms with Crippen LogP contribution in [0.2, 0.25) is 0 Å². The summed E-state index contributed by atoms with van der Waals surface area (Å²) in [5.41, 5.74) is 2.49. The Morgan fingerprint density at radius 1 is 1.38 bits per heavy atom. The molecule has 1 aliphatic carbocycles. The van der Waals surface area contributed by atoms with Gasteiger partial charge in [0.15, 0.2) is 0 Å². The molecule has 21 heavy (non-hydrogen) atoms. The van der Waals surface area contributed by atoms with Gasteiger partial charge in [-0.05, 0) is 37.7 Å². The molecule has 0 aliphatic heterocycles. The molecule has 1 N–H and O–H groups in total. The first-order valence-electron chi connectivity index (χ1n) is 7.51. The molecule has 4 heteroatoms. The number of amides is 1. The molecule has 1 atom stereocenters. The van der Waals surface area contributed by atoms with Gasteiger partial charge in [0.2, 0.25) is 0 Å². The summed E-state index contributed by atoms with van der Waals surface area (Å²) in [4.78, 5) is 12.6. The van der Waals surface area contributed by atoms with Crippen LogP contribution in [0.3, 0.4) is 0 Å². The van der Waals surface area contributed by atoms with Crippen LogP contribution in [0, 0.1) is 12.8 Å². The fraction of sp³-hybridized carbons (Fsp3) is 0.412. The van der Waals surface area contributed by atoms with Crippen molar-refractivity contribution < 1.29 is 9.32 Å². The van der Waals surface area contributed by atoms with Gasteiger partial charge in [0.1, 0.15) is 11.3 Å². The molecular weight excluding hydrogens is 264 g/mol. The first-order valence-corrected chi connectivity index (χ1v) is 7.51. The van der Waals surface area contributed by atoms with E-state index in [9.17, 15) is 4.79 Å². The van der Waals surface area contributed by atoms with E-state index in [-0.39, 0.29) is 11.9 Å². The number of nitrogens with one attached hydrogen (secondary N) is 1. The van der Waals surface area contributed by atoms with Crippen LogP contribution < -0.4 is 5.32 Å². The van der Waals surface area contributed by atoms with Crippen molar-refractivity contribution in [3.05, 3.63) is 52.9 Å². The van der Waals surface area contributed by atoms with Crippen molar-refractivity contribution in [2.45, 2.75) is 39.2 Å². The van der Waals surface area contributed by atoms with E-state index in [0.717, 1.165) is 5.69 Å². The Labute approximate surface area is 124 Å². The molecule has 1 heterocycles. The number of carbonyl (C=O) groups excluding carboxylic acids is 1. The van der Waals surface area contributed by atoms with Gasteiger partial charge in [-0.15, -0.1) is 0 Å². The molecule has 0 saturated heterocycles. The molecule has 110 valence electrons. The molecular formula is C17H20N2O2. The van der Waals surface area contributed by atoms with E-state index in [0.29, 0.717) is 23.7 Å². The van der Waals surface area contributed by atoms with Crippen molar-refractivity contribution >= 4 is 5.91 Å². The molecule has 1 saturated carbocycles. The van der Waals surface area contributed by atoms with Gasteiger partial charge < -0.3 is 9.84 Å². The minimum absolute atomic E-state index is 0.0775. The summed E-state index contributed by atoms with van der Waals surface area (Å²) in [6, 6.07) is 10.2. The van der Waals surface area contributed by atoms with Crippen molar-refractivity contribution in [1.82, 2.24) is 10.5 Å². The monoisotopic (exact) mass is 284 g/mol. The van der Waals surface area contributed by atoms with E-state index in [1.54, 1.807) is 6.92 Å². The van der Waals surface area contributed by atoms with Crippen molar-refractivity contribution in [3.8, 4) is 0 Å². The number of nitrogens with zero attached hydrogens (tertiary/aromatic N) is 1. The van der Waals surface area contributed by atoms with Crippen LogP contribution in [-0.4, -0.2) is 11.1 Å². The topological polar surface area (TPSA) is 55.1 Å². The number of aromatic nitrogens is 1. The number of hydrogen-bond acceptors (Lipinski definition) is 3. The smallest absolute Gasteiger partial charge is 0.257 e. The fourth-order valence-electron chi connectivity index (χ4n) is 2.73. The highest BCUT2D eigenvalue weighted by molar-refractivity contribution is 5.96. The first kappa shape index (κ1) is 13.9. The summed E-state index contributed by atoms with van der Waals surface area (Å²) in [7, 11) is 0. The van der Waals surface area contributed by atoms with E-state index < -0.39 is 0 Å².